The molecule has 5 nitrogen and oxygen atoms in total. The Morgan fingerprint density at radius 2 is 2.21 bits per heavy atom. The van der Waals surface area contributed by atoms with Gasteiger partial charge in [0.05, 0.1) is 6.54 Å². The van der Waals surface area contributed by atoms with Gasteiger partial charge in [0.1, 0.15) is 0 Å². The Labute approximate surface area is 112 Å². The third kappa shape index (κ3) is 1.93. The molecule has 4 rings (SSSR count). The molecule has 100 valence electrons. The topological polar surface area (TPSA) is 45.5 Å². The van der Waals surface area contributed by atoms with Crippen LogP contribution in [0.3, 0.4) is 0 Å². The summed E-state index contributed by atoms with van der Waals surface area (Å²) in [4.78, 5) is 2.62. The second-order valence-corrected chi connectivity index (χ2v) is 5.57. The minimum absolute atomic E-state index is 0.624. The van der Waals surface area contributed by atoms with Gasteiger partial charge >= 0.3 is 0 Å². The normalized spacial score (nSPS) is 27.2. The van der Waals surface area contributed by atoms with Crippen molar-refractivity contribution >= 4 is 5.65 Å². The number of rotatable bonds is 3. The van der Waals surface area contributed by atoms with Crippen molar-refractivity contribution in [2.45, 2.75) is 37.9 Å². The van der Waals surface area contributed by atoms with Crippen LogP contribution in [0, 0.1) is 0 Å². The van der Waals surface area contributed by atoms with Crippen LogP contribution in [-0.2, 0) is 6.54 Å². The first kappa shape index (κ1) is 11.4. The quantitative estimate of drug-likeness (QED) is 0.893. The van der Waals surface area contributed by atoms with E-state index < -0.39 is 0 Å². The van der Waals surface area contributed by atoms with Gasteiger partial charge in [-0.2, -0.15) is 0 Å². The summed E-state index contributed by atoms with van der Waals surface area (Å²) in [5.74, 6) is 1.01. The van der Waals surface area contributed by atoms with E-state index in [1.54, 1.807) is 0 Å². The molecule has 2 aliphatic heterocycles. The van der Waals surface area contributed by atoms with Gasteiger partial charge in [-0.25, -0.2) is 0 Å². The van der Waals surface area contributed by atoms with E-state index >= 15 is 0 Å². The molecule has 2 aliphatic rings. The molecule has 0 aromatic carbocycles. The van der Waals surface area contributed by atoms with E-state index in [0.717, 1.165) is 24.1 Å². The van der Waals surface area contributed by atoms with Crippen LogP contribution < -0.4 is 5.32 Å². The molecule has 2 aromatic heterocycles. The summed E-state index contributed by atoms with van der Waals surface area (Å²) in [5.41, 5.74) is 0.924. The predicted molar refractivity (Wildman–Crippen MR) is 72.8 cm³/mol. The summed E-state index contributed by atoms with van der Waals surface area (Å²) in [7, 11) is 0. The van der Waals surface area contributed by atoms with Gasteiger partial charge in [-0.3, -0.25) is 9.30 Å². The minimum atomic E-state index is 0.624. The third-order valence-electron chi connectivity index (χ3n) is 4.51. The molecule has 0 radical (unpaired) electrons. The van der Waals surface area contributed by atoms with E-state index in [1.807, 2.05) is 24.4 Å². The molecule has 5 heteroatoms. The Kier molecular flexibility index (Phi) is 2.74. The zero-order valence-electron chi connectivity index (χ0n) is 11.0. The zero-order valence-corrected chi connectivity index (χ0v) is 11.0. The molecular weight excluding hydrogens is 238 g/mol. The Bertz CT molecular complexity index is 578. The van der Waals surface area contributed by atoms with Gasteiger partial charge in [0.25, 0.3) is 0 Å². The molecule has 2 aromatic rings. The van der Waals surface area contributed by atoms with E-state index in [4.69, 9.17) is 0 Å². The summed E-state index contributed by atoms with van der Waals surface area (Å²) in [6, 6.07) is 7.38. The molecule has 2 saturated heterocycles. The summed E-state index contributed by atoms with van der Waals surface area (Å²) in [5, 5.41) is 12.2. The van der Waals surface area contributed by atoms with Crippen molar-refractivity contribution in [3.63, 3.8) is 0 Å². The van der Waals surface area contributed by atoms with Gasteiger partial charge in [-0.05, 0) is 37.9 Å². The van der Waals surface area contributed by atoms with Gasteiger partial charge in [0, 0.05) is 24.8 Å². The average Bonchev–Trinajstić information content (AvgIpc) is 3.12. The van der Waals surface area contributed by atoms with Gasteiger partial charge in [-0.15, -0.1) is 10.2 Å². The van der Waals surface area contributed by atoms with Crippen LogP contribution in [0.1, 0.15) is 25.1 Å². The fraction of sp³-hybridized carbons (Fsp3) is 0.571. The molecule has 0 aliphatic carbocycles. The van der Waals surface area contributed by atoms with Crippen molar-refractivity contribution in [1.82, 2.24) is 24.8 Å². The van der Waals surface area contributed by atoms with Gasteiger partial charge in [0.15, 0.2) is 11.5 Å². The summed E-state index contributed by atoms with van der Waals surface area (Å²) in [6.45, 7) is 3.35. The van der Waals surface area contributed by atoms with Crippen LogP contribution in [-0.4, -0.2) is 44.7 Å². The number of aromatic nitrogens is 3. The molecule has 0 saturated carbocycles. The maximum Gasteiger partial charge on any atom is 0.160 e. The lowest BCUT2D eigenvalue weighted by atomic mass is 10.1. The van der Waals surface area contributed by atoms with Gasteiger partial charge in [0.2, 0.25) is 0 Å². The SMILES string of the molecule is c1ccn2c(CNC3CCN4CCCC34)nnc2c1. The Morgan fingerprint density at radius 3 is 3.21 bits per heavy atom. The third-order valence-corrected chi connectivity index (χ3v) is 4.51. The van der Waals surface area contributed by atoms with Crippen LogP contribution in [0.15, 0.2) is 24.4 Å². The van der Waals surface area contributed by atoms with Crippen LogP contribution >= 0.6 is 0 Å². The molecule has 2 unspecified atom stereocenters. The fourth-order valence-electron chi connectivity index (χ4n) is 3.55. The lowest BCUT2D eigenvalue weighted by Crippen LogP contribution is -2.39. The highest BCUT2D eigenvalue weighted by Gasteiger charge is 2.36. The number of fused-ring (bicyclic) bond motifs is 2. The molecule has 19 heavy (non-hydrogen) atoms. The van der Waals surface area contributed by atoms with Crippen LogP contribution in [0.2, 0.25) is 0 Å². The number of pyridine rings is 1. The maximum absolute atomic E-state index is 4.28. The minimum Gasteiger partial charge on any atom is -0.305 e. The summed E-state index contributed by atoms with van der Waals surface area (Å²) in [6.07, 6.45) is 6.00. The highest BCUT2D eigenvalue weighted by atomic mass is 15.3. The van der Waals surface area contributed by atoms with Crippen LogP contribution in [0.4, 0.5) is 0 Å². The van der Waals surface area contributed by atoms with Crippen LogP contribution in [0.5, 0.6) is 0 Å². The van der Waals surface area contributed by atoms with E-state index in [1.165, 1.54) is 32.4 Å². The number of hydrogen-bond donors (Lipinski definition) is 1. The van der Waals surface area contributed by atoms with Crippen molar-refractivity contribution in [3.8, 4) is 0 Å². The Balaban J connectivity index is 1.47. The van der Waals surface area contributed by atoms with Crippen molar-refractivity contribution < 1.29 is 0 Å². The molecule has 0 bridgehead atoms. The molecular formula is C14H19N5. The highest BCUT2D eigenvalue weighted by Crippen LogP contribution is 2.27. The monoisotopic (exact) mass is 257 g/mol. The largest absolute Gasteiger partial charge is 0.305 e. The standard InChI is InChI=1S/C14H19N5/c1-2-8-19-13(5-1)16-17-14(19)10-15-11-6-9-18-7-3-4-12(11)18/h1-2,5,8,11-12,15H,3-4,6-7,9-10H2. The number of hydrogen-bond acceptors (Lipinski definition) is 4. The maximum atomic E-state index is 4.28. The van der Waals surface area contributed by atoms with E-state index in [2.05, 4.69) is 24.8 Å². The van der Waals surface area contributed by atoms with Crippen LogP contribution in [0.25, 0.3) is 5.65 Å². The van der Waals surface area contributed by atoms with Gasteiger partial charge in [-0.1, -0.05) is 6.07 Å². The Morgan fingerprint density at radius 1 is 1.21 bits per heavy atom. The van der Waals surface area contributed by atoms with Crippen molar-refractivity contribution in [2.75, 3.05) is 13.1 Å². The lowest BCUT2D eigenvalue weighted by molar-refractivity contribution is 0.297. The number of nitrogens with zero attached hydrogens (tertiary/aromatic N) is 4. The first-order valence-electron chi connectivity index (χ1n) is 7.18. The Hall–Kier alpha value is -1.46. The fourth-order valence-corrected chi connectivity index (χ4v) is 3.55. The lowest BCUT2D eigenvalue weighted by Gasteiger charge is -2.20. The number of nitrogens with one attached hydrogen (secondary N) is 1. The van der Waals surface area contributed by atoms with E-state index in [9.17, 15) is 0 Å². The molecule has 2 atom stereocenters. The zero-order chi connectivity index (χ0) is 12.7. The van der Waals surface area contributed by atoms with E-state index in [-0.39, 0.29) is 0 Å². The van der Waals surface area contributed by atoms with Crippen molar-refractivity contribution in [1.29, 1.82) is 0 Å². The second kappa shape index (κ2) is 4.58. The smallest absolute Gasteiger partial charge is 0.160 e. The summed E-state index contributed by atoms with van der Waals surface area (Å²) >= 11 is 0. The van der Waals surface area contributed by atoms with Crippen molar-refractivity contribution in [3.05, 3.63) is 30.2 Å². The van der Waals surface area contributed by atoms with Crippen molar-refractivity contribution in [2.24, 2.45) is 0 Å². The molecule has 4 heterocycles. The molecule has 0 amide bonds. The predicted octanol–water partition coefficient (Wildman–Crippen LogP) is 1.06. The summed E-state index contributed by atoms with van der Waals surface area (Å²) < 4.78 is 2.06. The molecule has 1 N–H and O–H groups in total. The first-order chi connectivity index (χ1) is 9.42. The van der Waals surface area contributed by atoms with E-state index in [0.29, 0.717) is 6.04 Å². The average molecular weight is 257 g/mol. The second-order valence-electron chi connectivity index (χ2n) is 5.57. The first-order valence-corrected chi connectivity index (χ1v) is 7.18. The molecule has 2 fully saturated rings. The molecule has 0 spiro atoms. The highest BCUT2D eigenvalue weighted by molar-refractivity contribution is 5.36. The van der Waals surface area contributed by atoms with Gasteiger partial charge < -0.3 is 5.32 Å².